The van der Waals surface area contributed by atoms with Gasteiger partial charge in [-0.2, -0.15) is 13.2 Å². The largest absolute Gasteiger partial charge is 0.416 e. The molecule has 230 valence electrons. The van der Waals surface area contributed by atoms with Crippen molar-refractivity contribution >= 4 is 17.5 Å². The Kier molecular flexibility index (Phi) is 8.38. The van der Waals surface area contributed by atoms with Crippen LogP contribution in [0.4, 0.5) is 30.6 Å². The van der Waals surface area contributed by atoms with Crippen LogP contribution in [0.1, 0.15) is 35.2 Å². The van der Waals surface area contributed by atoms with E-state index in [9.17, 15) is 13.2 Å². The summed E-state index contributed by atoms with van der Waals surface area (Å²) in [6, 6.07) is 25.2. The van der Waals surface area contributed by atoms with Crippen LogP contribution in [0.25, 0.3) is 22.5 Å². The molecule has 1 atom stereocenters. The van der Waals surface area contributed by atoms with Crippen LogP contribution in [-0.4, -0.2) is 46.3 Å². The minimum absolute atomic E-state index is 0.0656. The summed E-state index contributed by atoms with van der Waals surface area (Å²) in [5, 5.41) is 12.4. The second-order valence-corrected chi connectivity index (χ2v) is 11.3. The summed E-state index contributed by atoms with van der Waals surface area (Å²) in [6.45, 7) is 9.28. The highest BCUT2D eigenvalue weighted by molar-refractivity contribution is 5.81. The molecule has 0 radical (unpaired) electrons. The normalized spacial score (nSPS) is 14.4. The molecule has 0 amide bonds. The van der Waals surface area contributed by atoms with E-state index in [0.717, 1.165) is 43.9 Å². The van der Waals surface area contributed by atoms with Crippen molar-refractivity contribution in [1.82, 2.24) is 20.2 Å². The van der Waals surface area contributed by atoms with Crippen LogP contribution in [0, 0.1) is 13.8 Å². The fourth-order valence-electron chi connectivity index (χ4n) is 5.50. The molecule has 0 spiro atoms. The van der Waals surface area contributed by atoms with Gasteiger partial charge in [-0.15, -0.1) is 10.2 Å². The zero-order valence-electron chi connectivity index (χ0n) is 25.4. The monoisotopic (exact) mass is 609 g/mol. The van der Waals surface area contributed by atoms with Gasteiger partial charge in [0.2, 0.25) is 5.95 Å². The summed E-state index contributed by atoms with van der Waals surface area (Å²) in [5.74, 6) is 1.05. The van der Waals surface area contributed by atoms with Crippen molar-refractivity contribution in [2.45, 2.75) is 33.0 Å². The van der Waals surface area contributed by atoms with Crippen molar-refractivity contribution in [3.05, 3.63) is 113 Å². The number of hydrogen-bond donors (Lipinski definition) is 1. The number of hydrogen-bond acceptors (Lipinski definition) is 7. The van der Waals surface area contributed by atoms with E-state index in [2.05, 4.69) is 62.3 Å². The van der Waals surface area contributed by atoms with Gasteiger partial charge in [-0.1, -0.05) is 48.5 Å². The molecule has 0 bridgehead atoms. The summed E-state index contributed by atoms with van der Waals surface area (Å²) >= 11 is 0. The molecule has 0 unspecified atom stereocenters. The van der Waals surface area contributed by atoms with Crippen molar-refractivity contribution in [2.75, 3.05) is 41.3 Å². The van der Waals surface area contributed by atoms with Gasteiger partial charge in [-0.25, -0.2) is 9.97 Å². The van der Waals surface area contributed by atoms with E-state index in [1.54, 1.807) is 18.3 Å². The number of benzene rings is 3. The number of nitrogens with one attached hydrogen (secondary N) is 1. The predicted octanol–water partition coefficient (Wildman–Crippen LogP) is 7.74. The standard InChI is InChI=1S/C35H34F3N7/c1-23-12-13-29(20-24(23)2)44-16-18-45(19-17-44)32-22-30(33(43-42-32)27-10-7-11-28(21-27)35(36,37)38)31-14-15-39-34(41-31)40-25(3)26-8-5-4-6-9-26/h4-15,20-22,25H,16-19H2,1-3H3,(H,39,40,41)/t25-/m0/s1. The van der Waals surface area contributed by atoms with Gasteiger partial charge in [0, 0.05) is 49.2 Å². The quantitative estimate of drug-likeness (QED) is 0.202. The summed E-state index contributed by atoms with van der Waals surface area (Å²) in [4.78, 5) is 13.7. The molecule has 2 aromatic heterocycles. The lowest BCUT2D eigenvalue weighted by atomic mass is 10.0. The van der Waals surface area contributed by atoms with E-state index in [-0.39, 0.29) is 6.04 Å². The van der Waals surface area contributed by atoms with Crippen molar-refractivity contribution in [3.63, 3.8) is 0 Å². The zero-order chi connectivity index (χ0) is 31.6. The van der Waals surface area contributed by atoms with Crippen molar-refractivity contribution < 1.29 is 13.2 Å². The third-order valence-corrected chi connectivity index (χ3v) is 8.28. The number of rotatable bonds is 7. The van der Waals surface area contributed by atoms with E-state index >= 15 is 0 Å². The van der Waals surface area contributed by atoms with Crippen LogP contribution in [0.5, 0.6) is 0 Å². The summed E-state index contributed by atoms with van der Waals surface area (Å²) in [6.07, 6.45) is -2.85. The number of aryl methyl sites for hydroxylation is 2. The van der Waals surface area contributed by atoms with Crippen LogP contribution in [0.15, 0.2) is 91.1 Å². The van der Waals surface area contributed by atoms with Gasteiger partial charge < -0.3 is 15.1 Å². The molecule has 7 nitrogen and oxygen atoms in total. The van der Waals surface area contributed by atoms with E-state index < -0.39 is 11.7 Å². The van der Waals surface area contributed by atoms with Crippen molar-refractivity contribution in [2.24, 2.45) is 0 Å². The molecule has 0 saturated carbocycles. The second-order valence-electron chi connectivity index (χ2n) is 11.3. The van der Waals surface area contributed by atoms with Gasteiger partial charge >= 0.3 is 6.18 Å². The number of nitrogens with zero attached hydrogens (tertiary/aromatic N) is 6. The lowest BCUT2D eigenvalue weighted by Gasteiger charge is -2.37. The van der Waals surface area contributed by atoms with Gasteiger partial charge in [0.05, 0.1) is 17.3 Å². The molecule has 6 rings (SSSR count). The third-order valence-electron chi connectivity index (χ3n) is 8.28. The van der Waals surface area contributed by atoms with Crippen molar-refractivity contribution in [1.29, 1.82) is 0 Å². The minimum Gasteiger partial charge on any atom is -0.368 e. The van der Waals surface area contributed by atoms with Crippen LogP contribution >= 0.6 is 0 Å². The van der Waals surface area contributed by atoms with Gasteiger partial charge in [0.25, 0.3) is 0 Å². The van der Waals surface area contributed by atoms with Gasteiger partial charge in [0.15, 0.2) is 5.82 Å². The van der Waals surface area contributed by atoms with Gasteiger partial charge in [-0.05, 0) is 73.9 Å². The minimum atomic E-state index is -4.49. The molecule has 3 heterocycles. The Hall–Kier alpha value is -4.99. The third kappa shape index (κ3) is 6.74. The zero-order valence-corrected chi connectivity index (χ0v) is 25.4. The number of piperazine rings is 1. The fourth-order valence-corrected chi connectivity index (χ4v) is 5.50. The number of halogens is 3. The van der Waals surface area contributed by atoms with E-state index in [4.69, 9.17) is 4.98 Å². The lowest BCUT2D eigenvalue weighted by Crippen LogP contribution is -2.47. The summed E-state index contributed by atoms with van der Waals surface area (Å²) in [7, 11) is 0. The molecule has 5 aromatic rings. The number of alkyl halides is 3. The van der Waals surface area contributed by atoms with Crippen LogP contribution in [-0.2, 0) is 6.18 Å². The molecule has 3 aromatic carbocycles. The molecule has 1 aliphatic rings. The fraction of sp³-hybridized carbons (Fsp3) is 0.257. The molecular formula is C35H34F3N7. The van der Waals surface area contributed by atoms with E-state index in [1.807, 2.05) is 43.3 Å². The molecule has 10 heteroatoms. The molecule has 1 saturated heterocycles. The first kappa shape index (κ1) is 30.1. The Morgan fingerprint density at radius 2 is 1.53 bits per heavy atom. The number of aromatic nitrogens is 4. The Morgan fingerprint density at radius 1 is 0.778 bits per heavy atom. The van der Waals surface area contributed by atoms with Crippen LogP contribution in [0.2, 0.25) is 0 Å². The maximum absolute atomic E-state index is 13.6. The summed E-state index contributed by atoms with van der Waals surface area (Å²) in [5.41, 5.74) is 5.77. The Morgan fingerprint density at radius 3 is 2.27 bits per heavy atom. The highest BCUT2D eigenvalue weighted by Crippen LogP contribution is 2.36. The highest BCUT2D eigenvalue weighted by Gasteiger charge is 2.31. The molecular weight excluding hydrogens is 575 g/mol. The van der Waals surface area contributed by atoms with Gasteiger partial charge in [-0.3, -0.25) is 0 Å². The molecule has 45 heavy (non-hydrogen) atoms. The molecule has 1 fully saturated rings. The molecule has 0 aliphatic carbocycles. The van der Waals surface area contributed by atoms with Crippen molar-refractivity contribution in [3.8, 4) is 22.5 Å². The Balaban J connectivity index is 1.33. The predicted molar refractivity (Wildman–Crippen MR) is 172 cm³/mol. The average Bonchev–Trinajstić information content (AvgIpc) is 3.06. The van der Waals surface area contributed by atoms with Crippen LogP contribution < -0.4 is 15.1 Å². The number of anilines is 3. The average molecular weight is 610 g/mol. The van der Waals surface area contributed by atoms with E-state index in [0.29, 0.717) is 34.3 Å². The first-order valence-electron chi connectivity index (χ1n) is 14.9. The van der Waals surface area contributed by atoms with E-state index in [1.165, 1.54) is 22.9 Å². The lowest BCUT2D eigenvalue weighted by molar-refractivity contribution is -0.137. The Labute approximate surface area is 260 Å². The highest BCUT2D eigenvalue weighted by atomic mass is 19.4. The SMILES string of the molecule is Cc1ccc(N2CCN(c3cc(-c4ccnc(N[C@@H](C)c5ccccc5)n4)c(-c4cccc(C(F)(F)F)c4)nn3)CC2)cc1C. The smallest absolute Gasteiger partial charge is 0.368 e. The summed E-state index contributed by atoms with van der Waals surface area (Å²) < 4.78 is 40.9. The molecule has 1 aliphatic heterocycles. The Bertz CT molecular complexity index is 1780. The topological polar surface area (TPSA) is 70.1 Å². The first-order chi connectivity index (χ1) is 21.7. The molecule has 1 N–H and O–H groups in total. The first-order valence-corrected chi connectivity index (χ1v) is 14.9. The van der Waals surface area contributed by atoms with Gasteiger partial charge in [0.1, 0.15) is 5.69 Å². The maximum atomic E-state index is 13.6. The second kappa shape index (κ2) is 12.6. The van der Waals surface area contributed by atoms with Crippen LogP contribution in [0.3, 0.4) is 0 Å². The maximum Gasteiger partial charge on any atom is 0.416 e.